The molecule has 27 heavy (non-hydrogen) atoms. The number of aryl methyl sites for hydroxylation is 1. The van der Waals surface area contributed by atoms with Crippen LogP contribution in [0.5, 0.6) is 0 Å². The van der Waals surface area contributed by atoms with Crippen molar-refractivity contribution < 1.29 is 23.9 Å². The molecule has 0 amide bonds. The van der Waals surface area contributed by atoms with Crippen LogP contribution in [0, 0.1) is 31.6 Å². The first-order valence-electron chi connectivity index (χ1n) is 9.68. The van der Waals surface area contributed by atoms with E-state index in [-0.39, 0.29) is 17.6 Å². The Morgan fingerprint density at radius 1 is 1.19 bits per heavy atom. The molecule has 3 atom stereocenters. The van der Waals surface area contributed by atoms with E-state index in [1.54, 1.807) is 13.8 Å². The van der Waals surface area contributed by atoms with Crippen LogP contribution in [-0.2, 0) is 14.3 Å². The molecule has 6 heteroatoms. The molecule has 1 aromatic rings. The molecule has 1 fully saturated rings. The molecule has 0 unspecified atom stereocenters. The Morgan fingerprint density at radius 2 is 1.85 bits per heavy atom. The van der Waals surface area contributed by atoms with Gasteiger partial charge >= 0.3 is 11.9 Å². The molecule has 0 bridgehead atoms. The number of H-pyrrole nitrogens is 1. The van der Waals surface area contributed by atoms with E-state index in [9.17, 15) is 14.4 Å². The Kier molecular flexibility index (Phi) is 6.84. The Labute approximate surface area is 161 Å². The number of rotatable bonds is 6. The summed E-state index contributed by atoms with van der Waals surface area (Å²) in [6.07, 6.45) is 2.92. The number of hydrogen-bond acceptors (Lipinski definition) is 5. The summed E-state index contributed by atoms with van der Waals surface area (Å²) in [6, 6.07) is 0. The van der Waals surface area contributed by atoms with Crippen LogP contribution in [0.15, 0.2) is 0 Å². The first-order valence-corrected chi connectivity index (χ1v) is 9.68. The van der Waals surface area contributed by atoms with Gasteiger partial charge in [-0.25, -0.2) is 9.59 Å². The van der Waals surface area contributed by atoms with Gasteiger partial charge in [0, 0.05) is 11.3 Å². The molecule has 1 N–H and O–H groups in total. The van der Waals surface area contributed by atoms with Crippen LogP contribution < -0.4 is 0 Å². The van der Waals surface area contributed by atoms with Crippen molar-refractivity contribution in [1.82, 2.24) is 4.98 Å². The summed E-state index contributed by atoms with van der Waals surface area (Å²) in [4.78, 5) is 39.1. The van der Waals surface area contributed by atoms with Gasteiger partial charge in [0.25, 0.3) is 0 Å². The summed E-state index contributed by atoms with van der Waals surface area (Å²) in [5.74, 6) is -0.00119. The zero-order valence-electron chi connectivity index (χ0n) is 17.2. The molecule has 1 saturated carbocycles. The Hall–Kier alpha value is -2.11. The number of ether oxygens (including phenoxy) is 2. The van der Waals surface area contributed by atoms with Gasteiger partial charge in [-0.05, 0) is 56.9 Å². The summed E-state index contributed by atoms with van der Waals surface area (Å²) in [5.41, 5.74) is 1.85. The fourth-order valence-corrected chi connectivity index (χ4v) is 4.13. The minimum atomic E-state index is -0.655. The van der Waals surface area contributed by atoms with Crippen molar-refractivity contribution in [3.63, 3.8) is 0 Å². The lowest BCUT2D eigenvalue weighted by molar-refractivity contribution is -0.159. The Balaban J connectivity index is 1.96. The van der Waals surface area contributed by atoms with Crippen molar-refractivity contribution in [2.24, 2.45) is 17.8 Å². The quantitative estimate of drug-likeness (QED) is 0.598. The highest BCUT2D eigenvalue weighted by atomic mass is 16.6. The van der Waals surface area contributed by atoms with Gasteiger partial charge in [-0.3, -0.25) is 4.79 Å². The van der Waals surface area contributed by atoms with Crippen LogP contribution in [0.4, 0.5) is 0 Å². The van der Waals surface area contributed by atoms with Crippen LogP contribution in [0.1, 0.15) is 79.1 Å². The number of hydrogen-bond donors (Lipinski definition) is 1. The first-order chi connectivity index (χ1) is 12.6. The zero-order valence-corrected chi connectivity index (χ0v) is 17.2. The van der Waals surface area contributed by atoms with Gasteiger partial charge in [0.15, 0.2) is 12.4 Å². The van der Waals surface area contributed by atoms with Crippen molar-refractivity contribution in [1.29, 1.82) is 0 Å². The van der Waals surface area contributed by atoms with Crippen molar-refractivity contribution in [2.45, 2.75) is 66.9 Å². The van der Waals surface area contributed by atoms with Crippen LogP contribution >= 0.6 is 0 Å². The predicted molar refractivity (Wildman–Crippen MR) is 102 cm³/mol. The monoisotopic (exact) mass is 377 g/mol. The molecule has 1 aliphatic carbocycles. The highest BCUT2D eigenvalue weighted by Gasteiger charge is 2.33. The standard InChI is InChI=1S/C21H31NO5/c1-11(2)16-8-7-12(3)9-17(16)27-18(24)10-26-21(25)20-13(4)19(15(6)23)14(5)22-20/h11-12,16-17,22H,7-10H2,1-6H3/t12-,16+,17-/m1/s1. The average Bonchev–Trinajstić information content (AvgIpc) is 2.87. The highest BCUT2D eigenvalue weighted by molar-refractivity contribution is 6.01. The number of aromatic amines is 1. The molecular weight excluding hydrogens is 346 g/mol. The third-order valence-electron chi connectivity index (χ3n) is 5.56. The minimum absolute atomic E-state index is 0.120. The Morgan fingerprint density at radius 3 is 2.41 bits per heavy atom. The van der Waals surface area contributed by atoms with Gasteiger partial charge in [-0.1, -0.05) is 27.2 Å². The van der Waals surface area contributed by atoms with Gasteiger partial charge in [-0.15, -0.1) is 0 Å². The normalized spacial score (nSPS) is 22.6. The number of esters is 2. The van der Waals surface area contributed by atoms with Gasteiger partial charge in [0.1, 0.15) is 11.8 Å². The molecule has 0 aliphatic heterocycles. The van der Waals surface area contributed by atoms with Gasteiger partial charge < -0.3 is 14.5 Å². The summed E-state index contributed by atoms with van der Waals surface area (Å²) in [6.45, 7) is 10.9. The van der Waals surface area contributed by atoms with E-state index in [1.165, 1.54) is 6.92 Å². The third kappa shape index (κ3) is 4.99. The summed E-state index contributed by atoms with van der Waals surface area (Å²) < 4.78 is 10.8. The maximum absolute atomic E-state index is 12.3. The average molecular weight is 377 g/mol. The summed E-state index contributed by atoms with van der Waals surface area (Å²) in [7, 11) is 0. The fraction of sp³-hybridized carbons (Fsp3) is 0.667. The van der Waals surface area contributed by atoms with Crippen molar-refractivity contribution in [2.75, 3.05) is 6.61 Å². The maximum atomic E-state index is 12.3. The van der Waals surface area contributed by atoms with E-state index in [0.717, 1.165) is 19.3 Å². The topological polar surface area (TPSA) is 85.5 Å². The van der Waals surface area contributed by atoms with E-state index < -0.39 is 18.5 Å². The SMILES string of the molecule is CC(=O)c1c(C)[nH]c(C(=O)OCC(=O)O[C@@H]2C[C@H](C)CC[C@H]2C(C)C)c1C. The molecule has 0 saturated heterocycles. The molecule has 1 heterocycles. The number of Topliss-reactive ketones (excluding diaryl/α,β-unsaturated/α-hetero) is 1. The van der Waals surface area contributed by atoms with E-state index in [1.807, 2.05) is 0 Å². The lowest BCUT2D eigenvalue weighted by Crippen LogP contribution is -2.36. The highest BCUT2D eigenvalue weighted by Crippen LogP contribution is 2.35. The molecule has 0 spiro atoms. The summed E-state index contributed by atoms with van der Waals surface area (Å²) in [5, 5.41) is 0. The number of nitrogens with one attached hydrogen (secondary N) is 1. The van der Waals surface area contributed by atoms with Gasteiger partial charge in [-0.2, -0.15) is 0 Å². The number of ketones is 1. The van der Waals surface area contributed by atoms with E-state index in [0.29, 0.717) is 34.6 Å². The van der Waals surface area contributed by atoms with Crippen molar-refractivity contribution in [3.8, 4) is 0 Å². The van der Waals surface area contributed by atoms with E-state index in [2.05, 4.69) is 25.8 Å². The minimum Gasteiger partial charge on any atom is -0.460 e. The number of carbonyl (C=O) groups excluding carboxylic acids is 3. The lowest BCUT2D eigenvalue weighted by Gasteiger charge is -2.36. The molecule has 1 aromatic heterocycles. The third-order valence-corrected chi connectivity index (χ3v) is 5.56. The molecular formula is C21H31NO5. The van der Waals surface area contributed by atoms with E-state index >= 15 is 0 Å². The van der Waals surface area contributed by atoms with Crippen LogP contribution in [0.3, 0.4) is 0 Å². The van der Waals surface area contributed by atoms with Crippen LogP contribution in [0.25, 0.3) is 0 Å². The maximum Gasteiger partial charge on any atom is 0.355 e. The molecule has 0 radical (unpaired) electrons. The molecule has 2 rings (SSSR count). The van der Waals surface area contributed by atoms with Gasteiger partial charge in [0.2, 0.25) is 0 Å². The summed E-state index contributed by atoms with van der Waals surface area (Å²) >= 11 is 0. The molecule has 150 valence electrons. The zero-order chi connectivity index (χ0) is 20.3. The largest absolute Gasteiger partial charge is 0.460 e. The molecule has 1 aliphatic rings. The fourth-order valence-electron chi connectivity index (χ4n) is 4.13. The van der Waals surface area contributed by atoms with Crippen molar-refractivity contribution in [3.05, 3.63) is 22.5 Å². The lowest BCUT2D eigenvalue weighted by atomic mass is 9.75. The van der Waals surface area contributed by atoms with Gasteiger partial charge in [0.05, 0.1) is 0 Å². The Bertz CT molecular complexity index is 718. The number of aromatic nitrogens is 1. The molecule has 0 aromatic carbocycles. The first kappa shape index (κ1) is 21.2. The second-order valence-electron chi connectivity index (χ2n) is 8.11. The predicted octanol–water partition coefficient (Wildman–Crippen LogP) is 3.99. The second kappa shape index (κ2) is 8.72. The van der Waals surface area contributed by atoms with Crippen LogP contribution in [-0.4, -0.2) is 35.4 Å². The van der Waals surface area contributed by atoms with Crippen molar-refractivity contribution >= 4 is 17.7 Å². The number of carbonyl (C=O) groups is 3. The smallest absolute Gasteiger partial charge is 0.355 e. The second-order valence-corrected chi connectivity index (χ2v) is 8.11. The molecule has 6 nitrogen and oxygen atoms in total. The van der Waals surface area contributed by atoms with Crippen LogP contribution in [0.2, 0.25) is 0 Å². The van der Waals surface area contributed by atoms with E-state index in [4.69, 9.17) is 9.47 Å².